The van der Waals surface area contributed by atoms with E-state index in [1.807, 2.05) is 18.2 Å². The van der Waals surface area contributed by atoms with Crippen LogP contribution < -0.4 is 4.74 Å². The standard InChI is InChI=1S/C15H18O/c1-5-6-8-13(4)16-15-10-7-9-14(11-15)12(2)3/h5-12H,1,4H2,2-3H3/b8-6-. The van der Waals surface area contributed by atoms with E-state index >= 15 is 0 Å². The Morgan fingerprint density at radius 2 is 2.12 bits per heavy atom. The van der Waals surface area contributed by atoms with Crippen LogP contribution in [0.15, 0.2) is 61.4 Å². The number of allylic oxidation sites excluding steroid dienone is 3. The maximum absolute atomic E-state index is 5.58. The first-order valence-corrected chi connectivity index (χ1v) is 5.39. The Hall–Kier alpha value is -1.76. The Morgan fingerprint density at radius 1 is 1.38 bits per heavy atom. The van der Waals surface area contributed by atoms with E-state index in [2.05, 4.69) is 33.1 Å². The van der Waals surface area contributed by atoms with Crippen LogP contribution in [0.4, 0.5) is 0 Å². The van der Waals surface area contributed by atoms with Crippen LogP contribution >= 0.6 is 0 Å². The summed E-state index contributed by atoms with van der Waals surface area (Å²) in [6.07, 6.45) is 5.28. The van der Waals surface area contributed by atoms with Gasteiger partial charge in [0.05, 0.1) is 0 Å². The SMILES string of the molecule is C=C/C=C\C(=C)Oc1cccc(C(C)C)c1. The van der Waals surface area contributed by atoms with E-state index in [4.69, 9.17) is 4.74 Å². The second-order valence-corrected chi connectivity index (χ2v) is 3.89. The normalized spacial score (nSPS) is 10.7. The average molecular weight is 214 g/mol. The van der Waals surface area contributed by atoms with Gasteiger partial charge in [-0.05, 0) is 29.7 Å². The van der Waals surface area contributed by atoms with Crippen molar-refractivity contribution in [3.63, 3.8) is 0 Å². The van der Waals surface area contributed by atoms with Gasteiger partial charge in [-0.2, -0.15) is 0 Å². The van der Waals surface area contributed by atoms with E-state index in [9.17, 15) is 0 Å². The molecule has 1 nitrogen and oxygen atoms in total. The maximum Gasteiger partial charge on any atom is 0.127 e. The Kier molecular flexibility index (Phi) is 4.59. The van der Waals surface area contributed by atoms with Gasteiger partial charge in [0.2, 0.25) is 0 Å². The zero-order valence-corrected chi connectivity index (χ0v) is 9.94. The van der Waals surface area contributed by atoms with Crippen molar-refractivity contribution < 1.29 is 4.74 Å². The molecule has 1 aromatic rings. The lowest BCUT2D eigenvalue weighted by molar-refractivity contribution is 0.446. The van der Waals surface area contributed by atoms with Gasteiger partial charge in [0.25, 0.3) is 0 Å². The lowest BCUT2D eigenvalue weighted by Gasteiger charge is -2.09. The highest BCUT2D eigenvalue weighted by molar-refractivity contribution is 5.32. The van der Waals surface area contributed by atoms with Gasteiger partial charge in [-0.3, -0.25) is 0 Å². The molecule has 0 aromatic heterocycles. The minimum atomic E-state index is 0.500. The highest BCUT2D eigenvalue weighted by atomic mass is 16.5. The number of benzene rings is 1. The largest absolute Gasteiger partial charge is 0.458 e. The third-order valence-corrected chi connectivity index (χ3v) is 2.19. The van der Waals surface area contributed by atoms with Crippen LogP contribution in [0.25, 0.3) is 0 Å². The molecule has 16 heavy (non-hydrogen) atoms. The van der Waals surface area contributed by atoms with E-state index in [0.717, 1.165) is 5.75 Å². The van der Waals surface area contributed by atoms with Crippen molar-refractivity contribution in [3.8, 4) is 5.75 Å². The lowest BCUT2D eigenvalue weighted by Crippen LogP contribution is -1.92. The van der Waals surface area contributed by atoms with E-state index in [1.165, 1.54) is 5.56 Å². The summed E-state index contributed by atoms with van der Waals surface area (Å²) in [5, 5.41) is 0. The second kappa shape index (κ2) is 5.96. The van der Waals surface area contributed by atoms with Crippen LogP contribution in [-0.2, 0) is 0 Å². The molecule has 0 aliphatic rings. The first-order chi connectivity index (χ1) is 7.63. The molecule has 0 radical (unpaired) electrons. The second-order valence-electron chi connectivity index (χ2n) is 3.89. The first kappa shape index (κ1) is 12.3. The molecule has 0 aliphatic carbocycles. The van der Waals surface area contributed by atoms with E-state index in [-0.39, 0.29) is 0 Å². The third kappa shape index (κ3) is 3.77. The van der Waals surface area contributed by atoms with Gasteiger partial charge in [0.15, 0.2) is 0 Å². The summed E-state index contributed by atoms with van der Waals surface area (Å²) in [6, 6.07) is 8.06. The van der Waals surface area contributed by atoms with E-state index in [1.54, 1.807) is 18.2 Å². The fourth-order valence-corrected chi connectivity index (χ4v) is 1.30. The summed E-state index contributed by atoms with van der Waals surface area (Å²) in [5.41, 5.74) is 1.26. The van der Waals surface area contributed by atoms with Crippen molar-refractivity contribution in [1.29, 1.82) is 0 Å². The number of hydrogen-bond acceptors (Lipinski definition) is 1. The van der Waals surface area contributed by atoms with Gasteiger partial charge in [-0.1, -0.05) is 51.3 Å². The molecule has 1 heteroatoms. The number of rotatable bonds is 5. The van der Waals surface area contributed by atoms with E-state index in [0.29, 0.717) is 11.7 Å². The summed E-state index contributed by atoms with van der Waals surface area (Å²) >= 11 is 0. The van der Waals surface area contributed by atoms with Crippen LogP contribution in [0, 0.1) is 0 Å². The van der Waals surface area contributed by atoms with Crippen molar-refractivity contribution in [3.05, 3.63) is 67.0 Å². The van der Waals surface area contributed by atoms with Crippen molar-refractivity contribution >= 4 is 0 Å². The molecule has 0 atom stereocenters. The Balaban J connectivity index is 2.74. The Labute approximate surface area is 97.8 Å². The molecule has 1 aromatic carbocycles. The highest BCUT2D eigenvalue weighted by Crippen LogP contribution is 2.21. The fourth-order valence-electron chi connectivity index (χ4n) is 1.30. The monoisotopic (exact) mass is 214 g/mol. The quantitative estimate of drug-likeness (QED) is 0.520. The average Bonchev–Trinajstić information content (AvgIpc) is 2.26. The summed E-state index contributed by atoms with van der Waals surface area (Å²) in [6.45, 7) is 11.7. The van der Waals surface area contributed by atoms with Gasteiger partial charge >= 0.3 is 0 Å². The topological polar surface area (TPSA) is 9.23 Å². The van der Waals surface area contributed by atoms with Gasteiger partial charge in [-0.15, -0.1) is 0 Å². The molecule has 84 valence electrons. The predicted molar refractivity (Wildman–Crippen MR) is 69.6 cm³/mol. The smallest absolute Gasteiger partial charge is 0.127 e. The highest BCUT2D eigenvalue weighted by Gasteiger charge is 2.01. The summed E-state index contributed by atoms with van der Waals surface area (Å²) in [7, 11) is 0. The third-order valence-electron chi connectivity index (χ3n) is 2.19. The van der Waals surface area contributed by atoms with Crippen LogP contribution in [0.5, 0.6) is 5.75 Å². The molecule has 0 amide bonds. The van der Waals surface area contributed by atoms with E-state index < -0.39 is 0 Å². The zero-order valence-electron chi connectivity index (χ0n) is 9.94. The molecule has 0 aliphatic heterocycles. The molecule has 0 fully saturated rings. The number of ether oxygens (including phenoxy) is 1. The lowest BCUT2D eigenvalue weighted by atomic mass is 10.0. The summed E-state index contributed by atoms with van der Waals surface area (Å²) in [4.78, 5) is 0. The zero-order chi connectivity index (χ0) is 12.0. The molecule has 0 saturated carbocycles. The van der Waals surface area contributed by atoms with Crippen molar-refractivity contribution in [2.45, 2.75) is 19.8 Å². The first-order valence-electron chi connectivity index (χ1n) is 5.39. The minimum Gasteiger partial charge on any atom is -0.458 e. The molecule has 0 heterocycles. The molecule has 0 saturated heterocycles. The van der Waals surface area contributed by atoms with Crippen LogP contribution in [-0.4, -0.2) is 0 Å². The predicted octanol–water partition coefficient (Wildman–Crippen LogP) is 4.44. The number of hydrogen-bond donors (Lipinski definition) is 0. The molecule has 1 rings (SSSR count). The summed E-state index contributed by atoms with van der Waals surface area (Å²) in [5.74, 6) is 1.94. The molecular weight excluding hydrogens is 196 g/mol. The van der Waals surface area contributed by atoms with Crippen molar-refractivity contribution in [2.75, 3.05) is 0 Å². The molecule has 0 bridgehead atoms. The van der Waals surface area contributed by atoms with Crippen LogP contribution in [0.1, 0.15) is 25.3 Å². The van der Waals surface area contributed by atoms with Crippen molar-refractivity contribution in [2.24, 2.45) is 0 Å². The van der Waals surface area contributed by atoms with Gasteiger partial charge in [0.1, 0.15) is 11.5 Å². The fraction of sp³-hybridized carbons (Fsp3) is 0.200. The molecule has 0 unspecified atom stereocenters. The molecular formula is C15H18O. The minimum absolute atomic E-state index is 0.500. The maximum atomic E-state index is 5.58. The van der Waals surface area contributed by atoms with Crippen LogP contribution in [0.3, 0.4) is 0 Å². The van der Waals surface area contributed by atoms with Gasteiger partial charge in [-0.25, -0.2) is 0 Å². The Bertz CT molecular complexity index is 400. The molecule has 0 spiro atoms. The van der Waals surface area contributed by atoms with Gasteiger partial charge in [0, 0.05) is 0 Å². The van der Waals surface area contributed by atoms with Gasteiger partial charge < -0.3 is 4.74 Å². The Morgan fingerprint density at radius 3 is 2.75 bits per heavy atom. The molecule has 0 N–H and O–H groups in total. The summed E-state index contributed by atoms with van der Waals surface area (Å²) < 4.78 is 5.58. The van der Waals surface area contributed by atoms with Crippen LogP contribution in [0.2, 0.25) is 0 Å². The van der Waals surface area contributed by atoms with Crippen molar-refractivity contribution in [1.82, 2.24) is 0 Å².